The van der Waals surface area contributed by atoms with Gasteiger partial charge in [-0.25, -0.2) is 0 Å². The van der Waals surface area contributed by atoms with E-state index < -0.39 is 0 Å². The SMILES string of the molecule is CC1(C)c2ccccc2-c2ccc(N(c3ccc(-c4ccc5ccccc5c4)cc3)c3cc(-c4ccc(-c5ccccc5)cc4)cc4c3oc3ccccc34)cc21. The Kier molecular flexibility index (Phi) is 7.55. The van der Waals surface area contributed by atoms with Gasteiger partial charge >= 0.3 is 0 Å². The Morgan fingerprint density at radius 2 is 0.982 bits per heavy atom. The Balaban J connectivity index is 1.12. The molecule has 9 aromatic carbocycles. The lowest BCUT2D eigenvalue weighted by Crippen LogP contribution is -2.16. The first kappa shape index (κ1) is 33.2. The Bertz CT molecular complexity index is 3130. The molecule has 0 saturated heterocycles. The van der Waals surface area contributed by atoms with Crippen LogP contribution in [-0.2, 0) is 5.41 Å². The molecule has 270 valence electrons. The van der Waals surface area contributed by atoms with Crippen molar-refractivity contribution in [1.82, 2.24) is 0 Å². The highest BCUT2D eigenvalue weighted by molar-refractivity contribution is 6.12. The molecule has 0 N–H and O–H groups in total. The Labute approximate surface area is 332 Å². The molecule has 11 rings (SSSR count). The molecule has 1 heterocycles. The van der Waals surface area contributed by atoms with Crippen LogP contribution >= 0.6 is 0 Å². The molecule has 10 aromatic rings. The molecule has 1 aromatic heterocycles. The molecule has 0 unspecified atom stereocenters. The van der Waals surface area contributed by atoms with E-state index in [2.05, 4.69) is 219 Å². The van der Waals surface area contributed by atoms with Gasteiger partial charge in [-0.05, 0) is 115 Å². The van der Waals surface area contributed by atoms with Crippen LogP contribution in [0.3, 0.4) is 0 Å². The molecule has 57 heavy (non-hydrogen) atoms. The normalized spacial score (nSPS) is 12.9. The molecule has 0 bridgehead atoms. The lowest BCUT2D eigenvalue weighted by atomic mass is 9.82. The van der Waals surface area contributed by atoms with Crippen molar-refractivity contribution in [3.05, 3.63) is 211 Å². The van der Waals surface area contributed by atoms with Crippen LogP contribution in [-0.4, -0.2) is 0 Å². The summed E-state index contributed by atoms with van der Waals surface area (Å²) in [6, 6.07) is 72.7. The van der Waals surface area contributed by atoms with E-state index in [1.54, 1.807) is 0 Å². The van der Waals surface area contributed by atoms with Crippen molar-refractivity contribution in [2.45, 2.75) is 19.3 Å². The topological polar surface area (TPSA) is 16.4 Å². The number of benzene rings is 9. The summed E-state index contributed by atoms with van der Waals surface area (Å²) < 4.78 is 6.85. The number of rotatable bonds is 6. The van der Waals surface area contributed by atoms with E-state index in [0.717, 1.165) is 50.1 Å². The van der Waals surface area contributed by atoms with Crippen LogP contribution in [0, 0.1) is 0 Å². The molecule has 0 spiro atoms. The van der Waals surface area contributed by atoms with Crippen molar-refractivity contribution in [1.29, 1.82) is 0 Å². The van der Waals surface area contributed by atoms with Gasteiger partial charge in [-0.3, -0.25) is 0 Å². The first-order valence-corrected chi connectivity index (χ1v) is 19.7. The van der Waals surface area contributed by atoms with E-state index in [9.17, 15) is 0 Å². The Morgan fingerprint density at radius 3 is 1.81 bits per heavy atom. The monoisotopic (exact) mass is 729 g/mol. The van der Waals surface area contributed by atoms with Crippen molar-refractivity contribution in [3.63, 3.8) is 0 Å². The molecule has 0 atom stereocenters. The Hall–Kier alpha value is -7.16. The second-order valence-corrected chi connectivity index (χ2v) is 15.8. The fourth-order valence-electron chi connectivity index (χ4n) is 9.06. The lowest BCUT2D eigenvalue weighted by molar-refractivity contribution is 0.660. The number of nitrogens with zero attached hydrogens (tertiary/aromatic N) is 1. The summed E-state index contributed by atoms with van der Waals surface area (Å²) >= 11 is 0. The lowest BCUT2D eigenvalue weighted by Gasteiger charge is -2.28. The van der Waals surface area contributed by atoms with Gasteiger partial charge in [0.2, 0.25) is 0 Å². The summed E-state index contributed by atoms with van der Waals surface area (Å²) in [6.07, 6.45) is 0. The van der Waals surface area contributed by atoms with Crippen molar-refractivity contribution < 1.29 is 4.42 Å². The molecule has 0 aliphatic heterocycles. The molecule has 0 radical (unpaired) electrons. The third-order valence-corrected chi connectivity index (χ3v) is 12.1. The fourth-order valence-corrected chi connectivity index (χ4v) is 9.06. The highest BCUT2D eigenvalue weighted by atomic mass is 16.3. The van der Waals surface area contributed by atoms with E-state index in [4.69, 9.17) is 4.42 Å². The van der Waals surface area contributed by atoms with Crippen LogP contribution < -0.4 is 4.90 Å². The molecule has 2 heteroatoms. The van der Waals surface area contributed by atoms with Gasteiger partial charge in [0.15, 0.2) is 5.58 Å². The van der Waals surface area contributed by atoms with E-state index in [0.29, 0.717) is 0 Å². The minimum absolute atomic E-state index is 0.148. The second-order valence-electron chi connectivity index (χ2n) is 15.8. The van der Waals surface area contributed by atoms with Gasteiger partial charge in [-0.2, -0.15) is 0 Å². The maximum absolute atomic E-state index is 6.85. The zero-order chi connectivity index (χ0) is 38.1. The summed E-state index contributed by atoms with van der Waals surface area (Å²) in [5.41, 5.74) is 17.1. The summed E-state index contributed by atoms with van der Waals surface area (Å²) in [5, 5.41) is 4.68. The highest BCUT2D eigenvalue weighted by Gasteiger charge is 2.36. The number of hydrogen-bond acceptors (Lipinski definition) is 2. The molecule has 1 aliphatic carbocycles. The van der Waals surface area contributed by atoms with Crippen LogP contribution in [0.1, 0.15) is 25.0 Å². The van der Waals surface area contributed by atoms with Crippen LogP contribution in [0.4, 0.5) is 17.1 Å². The standard InChI is InChI=1S/C55H39NO/c1-55(2)50-18-10-8-16-46(50)47-31-30-45(35-51(47)55)56(44-28-26-39(27-29-44)42-25-24-37-14-6-7-15-41(37)32-42)52-34-43(33-49-48-17-9-11-19-53(48)57-54(49)52)40-22-20-38(21-23-40)36-12-4-3-5-13-36/h3-35H,1-2H3. The minimum atomic E-state index is -0.148. The van der Waals surface area contributed by atoms with Crippen molar-refractivity contribution in [2.24, 2.45) is 0 Å². The third-order valence-electron chi connectivity index (χ3n) is 12.1. The van der Waals surface area contributed by atoms with Gasteiger partial charge in [0, 0.05) is 27.6 Å². The number of fused-ring (bicyclic) bond motifs is 7. The summed E-state index contributed by atoms with van der Waals surface area (Å²) in [6.45, 7) is 4.70. The smallest absolute Gasteiger partial charge is 0.159 e. The van der Waals surface area contributed by atoms with E-state index in [1.807, 2.05) is 0 Å². The maximum atomic E-state index is 6.85. The Morgan fingerprint density at radius 1 is 0.386 bits per heavy atom. The first-order valence-electron chi connectivity index (χ1n) is 19.7. The first-order chi connectivity index (χ1) is 28.0. The molecule has 1 aliphatic rings. The third kappa shape index (κ3) is 5.48. The fraction of sp³-hybridized carbons (Fsp3) is 0.0545. The van der Waals surface area contributed by atoms with Gasteiger partial charge in [0.25, 0.3) is 0 Å². The van der Waals surface area contributed by atoms with Crippen molar-refractivity contribution in [3.8, 4) is 44.5 Å². The number of furan rings is 1. The molecule has 0 fully saturated rings. The molecule has 0 saturated carbocycles. The minimum Gasteiger partial charge on any atom is -0.454 e. The molecular weight excluding hydrogens is 691 g/mol. The number of hydrogen-bond donors (Lipinski definition) is 0. The average molecular weight is 730 g/mol. The van der Waals surface area contributed by atoms with Gasteiger partial charge in [-0.1, -0.05) is 166 Å². The number of para-hydroxylation sites is 1. The van der Waals surface area contributed by atoms with Crippen molar-refractivity contribution in [2.75, 3.05) is 4.90 Å². The second kappa shape index (κ2) is 13.0. The summed E-state index contributed by atoms with van der Waals surface area (Å²) in [4.78, 5) is 2.40. The summed E-state index contributed by atoms with van der Waals surface area (Å²) in [5.74, 6) is 0. The van der Waals surface area contributed by atoms with Gasteiger partial charge in [0.05, 0.1) is 5.69 Å². The van der Waals surface area contributed by atoms with E-state index >= 15 is 0 Å². The van der Waals surface area contributed by atoms with Gasteiger partial charge < -0.3 is 9.32 Å². The van der Waals surface area contributed by atoms with Crippen LogP contribution in [0.2, 0.25) is 0 Å². The molecule has 0 amide bonds. The predicted molar refractivity (Wildman–Crippen MR) is 240 cm³/mol. The zero-order valence-corrected chi connectivity index (χ0v) is 31.9. The largest absolute Gasteiger partial charge is 0.454 e. The quantitative estimate of drug-likeness (QED) is 0.169. The average Bonchev–Trinajstić information content (AvgIpc) is 3.76. The van der Waals surface area contributed by atoms with Crippen LogP contribution in [0.5, 0.6) is 0 Å². The van der Waals surface area contributed by atoms with Gasteiger partial charge in [0.1, 0.15) is 5.58 Å². The predicted octanol–water partition coefficient (Wildman–Crippen LogP) is 15.5. The van der Waals surface area contributed by atoms with Crippen LogP contribution in [0.25, 0.3) is 77.2 Å². The molecule has 2 nitrogen and oxygen atoms in total. The van der Waals surface area contributed by atoms with Crippen molar-refractivity contribution >= 4 is 49.8 Å². The number of anilines is 3. The van der Waals surface area contributed by atoms with Crippen LogP contribution in [0.15, 0.2) is 205 Å². The molecular formula is C55H39NO. The van der Waals surface area contributed by atoms with E-state index in [-0.39, 0.29) is 5.41 Å². The van der Waals surface area contributed by atoms with Gasteiger partial charge in [-0.15, -0.1) is 0 Å². The van der Waals surface area contributed by atoms with E-state index in [1.165, 1.54) is 55.3 Å². The zero-order valence-electron chi connectivity index (χ0n) is 31.9. The summed E-state index contributed by atoms with van der Waals surface area (Å²) in [7, 11) is 0. The highest BCUT2D eigenvalue weighted by Crippen LogP contribution is 2.52. The maximum Gasteiger partial charge on any atom is 0.159 e.